The molecule has 100 valence electrons. The molecule has 0 aromatic heterocycles. The lowest BCUT2D eigenvalue weighted by Crippen LogP contribution is -2.26. The standard InChI is InChI=1S/C13H20FN3O/c1-15-9-10-6-11(14)8-12(7-10)17(3)5-4-13(18)16-2/h6-8,15H,4-5,9H2,1-3H3,(H,16,18). The Labute approximate surface area is 107 Å². The van der Waals surface area contributed by atoms with Gasteiger partial charge >= 0.3 is 0 Å². The van der Waals surface area contributed by atoms with E-state index in [0.29, 0.717) is 19.5 Å². The fourth-order valence-corrected chi connectivity index (χ4v) is 1.68. The minimum atomic E-state index is -0.260. The number of halogens is 1. The molecular weight excluding hydrogens is 233 g/mol. The smallest absolute Gasteiger partial charge is 0.221 e. The molecule has 0 fully saturated rings. The second-order valence-electron chi connectivity index (χ2n) is 4.19. The van der Waals surface area contributed by atoms with E-state index in [4.69, 9.17) is 0 Å². The number of hydrogen-bond donors (Lipinski definition) is 2. The van der Waals surface area contributed by atoms with Crippen LogP contribution < -0.4 is 15.5 Å². The lowest BCUT2D eigenvalue weighted by Gasteiger charge is -2.19. The first-order valence-corrected chi connectivity index (χ1v) is 5.92. The quantitative estimate of drug-likeness (QED) is 0.798. The van der Waals surface area contributed by atoms with Crippen LogP contribution in [0.1, 0.15) is 12.0 Å². The zero-order chi connectivity index (χ0) is 13.5. The minimum absolute atomic E-state index is 0.0197. The molecule has 0 heterocycles. The average molecular weight is 253 g/mol. The van der Waals surface area contributed by atoms with Crippen molar-refractivity contribution in [3.05, 3.63) is 29.6 Å². The van der Waals surface area contributed by atoms with Crippen molar-refractivity contribution >= 4 is 11.6 Å². The van der Waals surface area contributed by atoms with Crippen molar-refractivity contribution in [1.82, 2.24) is 10.6 Å². The van der Waals surface area contributed by atoms with E-state index in [0.717, 1.165) is 11.3 Å². The van der Waals surface area contributed by atoms with Crippen LogP contribution in [0.15, 0.2) is 18.2 Å². The maximum Gasteiger partial charge on any atom is 0.221 e. The van der Waals surface area contributed by atoms with Gasteiger partial charge in [0.2, 0.25) is 5.91 Å². The van der Waals surface area contributed by atoms with Gasteiger partial charge in [0.05, 0.1) is 0 Å². The first-order chi connectivity index (χ1) is 8.56. The van der Waals surface area contributed by atoms with E-state index in [1.165, 1.54) is 12.1 Å². The van der Waals surface area contributed by atoms with Gasteiger partial charge in [-0.05, 0) is 30.8 Å². The maximum atomic E-state index is 13.4. The molecular formula is C13H20FN3O. The van der Waals surface area contributed by atoms with Crippen LogP contribution in [0.5, 0.6) is 0 Å². The van der Waals surface area contributed by atoms with Crippen LogP contribution in [-0.2, 0) is 11.3 Å². The summed E-state index contributed by atoms with van der Waals surface area (Å²) < 4.78 is 13.4. The fourth-order valence-electron chi connectivity index (χ4n) is 1.68. The first-order valence-electron chi connectivity index (χ1n) is 5.92. The molecule has 0 saturated carbocycles. The van der Waals surface area contributed by atoms with E-state index in [1.54, 1.807) is 7.05 Å². The SMILES string of the molecule is CNCc1cc(F)cc(N(C)CCC(=O)NC)c1. The molecule has 0 radical (unpaired) electrons. The summed E-state index contributed by atoms with van der Waals surface area (Å²) in [6.07, 6.45) is 0.394. The third-order valence-corrected chi connectivity index (χ3v) is 2.72. The molecule has 0 aliphatic heterocycles. The molecule has 1 amide bonds. The van der Waals surface area contributed by atoms with Crippen molar-refractivity contribution in [2.24, 2.45) is 0 Å². The number of nitrogens with zero attached hydrogens (tertiary/aromatic N) is 1. The number of benzene rings is 1. The lowest BCUT2D eigenvalue weighted by atomic mass is 10.1. The molecule has 0 spiro atoms. The summed E-state index contributed by atoms with van der Waals surface area (Å²) in [5.74, 6) is -0.279. The highest BCUT2D eigenvalue weighted by Crippen LogP contribution is 2.17. The van der Waals surface area contributed by atoms with Crippen LogP contribution in [0.2, 0.25) is 0 Å². The summed E-state index contributed by atoms with van der Waals surface area (Å²) in [5.41, 5.74) is 1.67. The highest BCUT2D eigenvalue weighted by molar-refractivity contribution is 5.76. The van der Waals surface area contributed by atoms with Crippen LogP contribution >= 0.6 is 0 Å². The summed E-state index contributed by atoms with van der Waals surface area (Å²) in [6.45, 7) is 1.18. The Hall–Kier alpha value is -1.62. The third kappa shape index (κ3) is 4.33. The molecule has 1 aromatic carbocycles. The number of rotatable bonds is 6. The van der Waals surface area contributed by atoms with Gasteiger partial charge in [-0.15, -0.1) is 0 Å². The van der Waals surface area contributed by atoms with Gasteiger partial charge in [0.25, 0.3) is 0 Å². The van der Waals surface area contributed by atoms with Gasteiger partial charge in [-0.2, -0.15) is 0 Å². The largest absolute Gasteiger partial charge is 0.374 e. The highest BCUT2D eigenvalue weighted by Gasteiger charge is 2.07. The molecule has 2 N–H and O–H groups in total. The molecule has 0 unspecified atom stereocenters. The number of carbonyl (C=O) groups excluding carboxylic acids is 1. The Balaban J connectivity index is 2.72. The van der Waals surface area contributed by atoms with Crippen LogP contribution in [0.4, 0.5) is 10.1 Å². The van der Waals surface area contributed by atoms with E-state index in [2.05, 4.69) is 10.6 Å². The molecule has 4 nitrogen and oxygen atoms in total. The van der Waals surface area contributed by atoms with Crippen molar-refractivity contribution in [3.63, 3.8) is 0 Å². The van der Waals surface area contributed by atoms with E-state index in [1.807, 2.05) is 25.1 Å². The van der Waals surface area contributed by atoms with Gasteiger partial charge < -0.3 is 15.5 Å². The van der Waals surface area contributed by atoms with E-state index < -0.39 is 0 Å². The number of hydrogen-bond acceptors (Lipinski definition) is 3. The van der Waals surface area contributed by atoms with E-state index >= 15 is 0 Å². The summed E-state index contributed by atoms with van der Waals surface area (Å²) in [5, 5.41) is 5.55. The third-order valence-electron chi connectivity index (χ3n) is 2.72. The summed E-state index contributed by atoms with van der Waals surface area (Å²) in [4.78, 5) is 13.0. The molecule has 0 aliphatic carbocycles. The topological polar surface area (TPSA) is 44.4 Å². The van der Waals surface area contributed by atoms with Gasteiger partial charge in [-0.1, -0.05) is 0 Å². The van der Waals surface area contributed by atoms with Gasteiger partial charge in [0, 0.05) is 39.3 Å². The van der Waals surface area contributed by atoms with E-state index in [-0.39, 0.29) is 11.7 Å². The van der Waals surface area contributed by atoms with Crippen LogP contribution in [0.25, 0.3) is 0 Å². The Kier molecular flexibility index (Phi) is 5.58. The number of carbonyl (C=O) groups is 1. The van der Waals surface area contributed by atoms with Crippen molar-refractivity contribution in [3.8, 4) is 0 Å². The zero-order valence-corrected chi connectivity index (χ0v) is 11.1. The van der Waals surface area contributed by atoms with Crippen molar-refractivity contribution < 1.29 is 9.18 Å². The van der Waals surface area contributed by atoms with Crippen molar-refractivity contribution in [2.75, 3.05) is 32.6 Å². The van der Waals surface area contributed by atoms with Gasteiger partial charge in [0.1, 0.15) is 5.82 Å². The molecule has 5 heteroatoms. The predicted molar refractivity (Wildman–Crippen MR) is 71.1 cm³/mol. The number of nitrogens with one attached hydrogen (secondary N) is 2. The summed E-state index contributed by atoms with van der Waals surface area (Å²) in [7, 11) is 5.27. The average Bonchev–Trinajstić information content (AvgIpc) is 2.35. The van der Waals surface area contributed by atoms with Crippen LogP contribution in [0, 0.1) is 5.82 Å². The van der Waals surface area contributed by atoms with Crippen LogP contribution in [0.3, 0.4) is 0 Å². The second kappa shape index (κ2) is 6.96. The monoisotopic (exact) mass is 253 g/mol. The second-order valence-corrected chi connectivity index (χ2v) is 4.19. The summed E-state index contributed by atoms with van der Waals surface area (Å²) in [6, 6.07) is 4.90. The van der Waals surface area contributed by atoms with E-state index in [9.17, 15) is 9.18 Å². The molecule has 1 rings (SSSR count). The maximum absolute atomic E-state index is 13.4. The van der Waals surface area contributed by atoms with Gasteiger partial charge in [-0.3, -0.25) is 4.79 Å². The molecule has 1 aromatic rings. The number of amides is 1. The molecule has 0 atom stereocenters. The Morgan fingerprint density at radius 3 is 2.67 bits per heavy atom. The predicted octanol–water partition coefficient (Wildman–Crippen LogP) is 1.12. The van der Waals surface area contributed by atoms with Gasteiger partial charge in [0.15, 0.2) is 0 Å². The molecule has 0 saturated heterocycles. The zero-order valence-electron chi connectivity index (χ0n) is 11.1. The Morgan fingerprint density at radius 2 is 2.06 bits per heavy atom. The van der Waals surface area contributed by atoms with Gasteiger partial charge in [-0.25, -0.2) is 4.39 Å². The normalized spacial score (nSPS) is 10.2. The van der Waals surface area contributed by atoms with Crippen LogP contribution in [-0.4, -0.2) is 33.6 Å². The fraction of sp³-hybridized carbons (Fsp3) is 0.462. The molecule has 18 heavy (non-hydrogen) atoms. The Bertz CT molecular complexity index is 409. The van der Waals surface area contributed by atoms with Crippen molar-refractivity contribution in [1.29, 1.82) is 0 Å². The molecule has 0 bridgehead atoms. The lowest BCUT2D eigenvalue weighted by molar-refractivity contribution is -0.120. The number of anilines is 1. The highest BCUT2D eigenvalue weighted by atomic mass is 19.1. The minimum Gasteiger partial charge on any atom is -0.374 e. The molecule has 0 aliphatic rings. The van der Waals surface area contributed by atoms with Crippen molar-refractivity contribution in [2.45, 2.75) is 13.0 Å². The first kappa shape index (κ1) is 14.4. The Morgan fingerprint density at radius 1 is 1.33 bits per heavy atom. The summed E-state index contributed by atoms with van der Waals surface area (Å²) >= 11 is 0.